The van der Waals surface area contributed by atoms with Crippen molar-refractivity contribution in [3.63, 3.8) is 0 Å². The first-order valence-corrected chi connectivity index (χ1v) is 14.0. The van der Waals surface area contributed by atoms with Crippen LogP contribution in [0.25, 0.3) is 0 Å². The van der Waals surface area contributed by atoms with Gasteiger partial charge in [0.15, 0.2) is 0 Å². The second-order valence-corrected chi connectivity index (χ2v) is 11.7. The second kappa shape index (κ2) is 11.4. The van der Waals surface area contributed by atoms with Gasteiger partial charge < -0.3 is 24.4 Å². The summed E-state index contributed by atoms with van der Waals surface area (Å²) in [5.41, 5.74) is -1.70. The van der Waals surface area contributed by atoms with Crippen molar-refractivity contribution in [2.75, 3.05) is 24.7 Å². The number of amides is 2. The minimum Gasteiger partial charge on any atom is -0.465 e. The molecule has 3 aliphatic heterocycles. The van der Waals surface area contributed by atoms with Crippen molar-refractivity contribution in [2.45, 2.75) is 69.7 Å². The number of aliphatic hydroxyl groups excluding tert-OH is 1. The summed E-state index contributed by atoms with van der Waals surface area (Å²) in [4.78, 5) is 45.3. The lowest BCUT2D eigenvalue weighted by atomic mass is 9.66. The van der Waals surface area contributed by atoms with E-state index in [9.17, 15) is 19.5 Å². The number of para-hydroxylation sites is 1. The van der Waals surface area contributed by atoms with Crippen LogP contribution in [0, 0.1) is 17.8 Å². The van der Waals surface area contributed by atoms with Gasteiger partial charge >= 0.3 is 5.97 Å². The number of benzene rings is 1. The molecule has 3 heterocycles. The van der Waals surface area contributed by atoms with E-state index in [0.717, 1.165) is 0 Å². The fraction of sp³-hybridized carbons (Fsp3) is 0.567. The zero-order valence-corrected chi connectivity index (χ0v) is 23.7. The van der Waals surface area contributed by atoms with Crippen molar-refractivity contribution in [3.05, 3.63) is 54.6 Å². The van der Waals surface area contributed by atoms with Crippen molar-refractivity contribution in [3.8, 4) is 0 Å². The number of rotatable bonds is 12. The number of carbonyl (C=O) groups excluding carboxylic acids is 3. The molecule has 39 heavy (non-hydrogen) atoms. The molecule has 0 aliphatic carbocycles. The number of unbranched alkanes of at least 4 members (excludes halogenated alkanes) is 1. The number of esters is 1. The predicted octanol–water partition coefficient (Wildman–Crippen LogP) is 4.15. The lowest BCUT2D eigenvalue weighted by Gasteiger charge is -2.40. The molecule has 4 rings (SSSR count). The molecule has 212 valence electrons. The van der Waals surface area contributed by atoms with E-state index in [0.29, 0.717) is 36.4 Å². The summed E-state index contributed by atoms with van der Waals surface area (Å²) < 4.78 is 12.3. The van der Waals surface area contributed by atoms with Crippen molar-refractivity contribution in [1.29, 1.82) is 0 Å². The van der Waals surface area contributed by atoms with Crippen LogP contribution in [0.15, 0.2) is 49.6 Å². The van der Waals surface area contributed by atoms with E-state index in [4.69, 9.17) is 21.1 Å². The summed E-state index contributed by atoms with van der Waals surface area (Å²) in [6.45, 7) is 13.2. The largest absolute Gasteiger partial charge is 0.465 e. The van der Waals surface area contributed by atoms with Gasteiger partial charge in [-0.2, -0.15) is 0 Å². The highest BCUT2D eigenvalue weighted by atomic mass is 35.5. The quantitative estimate of drug-likeness (QED) is 0.235. The Morgan fingerprint density at radius 2 is 2.00 bits per heavy atom. The molecule has 1 N–H and O–H groups in total. The van der Waals surface area contributed by atoms with Gasteiger partial charge in [-0.3, -0.25) is 14.4 Å². The number of likely N-dealkylation sites (tertiary alicyclic amines) is 1. The molecule has 3 aliphatic rings. The molecule has 1 aromatic rings. The average molecular weight is 559 g/mol. The van der Waals surface area contributed by atoms with Crippen LogP contribution in [0.3, 0.4) is 0 Å². The third-order valence-corrected chi connectivity index (χ3v) is 8.85. The molecule has 0 saturated carbocycles. The summed E-state index contributed by atoms with van der Waals surface area (Å²) >= 11 is 6.51. The molecule has 0 aromatic heterocycles. The molecule has 3 saturated heterocycles. The normalized spacial score (nSPS) is 29.8. The highest BCUT2D eigenvalue weighted by Crippen LogP contribution is 2.64. The number of carbonyl (C=O) groups is 3. The highest BCUT2D eigenvalue weighted by molar-refractivity contribution is 6.34. The zero-order valence-electron chi connectivity index (χ0n) is 23.0. The first-order chi connectivity index (χ1) is 18.6. The van der Waals surface area contributed by atoms with Gasteiger partial charge in [0.1, 0.15) is 17.6 Å². The predicted molar refractivity (Wildman–Crippen MR) is 149 cm³/mol. The van der Waals surface area contributed by atoms with E-state index >= 15 is 0 Å². The van der Waals surface area contributed by atoms with E-state index in [1.807, 2.05) is 20.8 Å². The Morgan fingerprint density at radius 3 is 2.62 bits per heavy atom. The number of allylic oxidation sites excluding steroid dienone is 1. The van der Waals surface area contributed by atoms with E-state index in [-0.39, 0.29) is 37.5 Å². The number of aliphatic hydroxyl groups is 1. The maximum Gasteiger partial charge on any atom is 0.312 e. The van der Waals surface area contributed by atoms with E-state index in [2.05, 4.69) is 13.2 Å². The van der Waals surface area contributed by atoms with Crippen LogP contribution in [0.5, 0.6) is 0 Å². The van der Waals surface area contributed by atoms with Gasteiger partial charge in [-0.05, 0) is 50.7 Å². The maximum absolute atomic E-state index is 14.6. The SMILES string of the molecule is C=CCCCOC(=O)[C@H]1[C@H]2C(=O)N([C@@H](CO)C(C)C)C(C(=O)N(CC=C)c3ccccc3Cl)C23CC[C@]1(C)O3. The Morgan fingerprint density at radius 1 is 1.28 bits per heavy atom. The smallest absolute Gasteiger partial charge is 0.312 e. The summed E-state index contributed by atoms with van der Waals surface area (Å²) in [5.74, 6) is -3.16. The summed E-state index contributed by atoms with van der Waals surface area (Å²) in [5, 5.41) is 10.8. The number of hydrogen-bond acceptors (Lipinski definition) is 6. The van der Waals surface area contributed by atoms with Gasteiger partial charge in [0.2, 0.25) is 5.91 Å². The van der Waals surface area contributed by atoms with E-state index in [1.54, 1.807) is 36.4 Å². The van der Waals surface area contributed by atoms with Gasteiger partial charge in [0, 0.05) is 6.54 Å². The van der Waals surface area contributed by atoms with Gasteiger partial charge in [-0.1, -0.05) is 49.7 Å². The fourth-order valence-corrected chi connectivity index (χ4v) is 6.96. The van der Waals surface area contributed by atoms with Crippen LogP contribution in [0.4, 0.5) is 5.69 Å². The summed E-state index contributed by atoms with van der Waals surface area (Å²) in [7, 11) is 0. The topological polar surface area (TPSA) is 96.4 Å². The zero-order chi connectivity index (χ0) is 28.5. The Bertz CT molecular complexity index is 1140. The van der Waals surface area contributed by atoms with Gasteiger partial charge in [0.05, 0.1) is 41.5 Å². The number of fused-ring (bicyclic) bond motifs is 1. The van der Waals surface area contributed by atoms with Crippen LogP contribution in [0.1, 0.15) is 46.5 Å². The van der Waals surface area contributed by atoms with Gasteiger partial charge in [-0.15, -0.1) is 13.2 Å². The maximum atomic E-state index is 14.6. The third-order valence-electron chi connectivity index (χ3n) is 8.53. The minimum atomic E-state index is -1.24. The molecule has 9 heteroatoms. The van der Waals surface area contributed by atoms with E-state index in [1.165, 1.54) is 9.80 Å². The first-order valence-electron chi connectivity index (χ1n) is 13.7. The molecule has 2 bridgehead atoms. The van der Waals surface area contributed by atoms with Crippen molar-refractivity contribution in [1.82, 2.24) is 4.90 Å². The number of anilines is 1. The Hall–Kier alpha value is -2.68. The third kappa shape index (κ3) is 4.81. The van der Waals surface area contributed by atoms with Crippen molar-refractivity contribution >= 4 is 35.1 Å². The van der Waals surface area contributed by atoms with Crippen molar-refractivity contribution in [2.24, 2.45) is 17.8 Å². The Kier molecular flexibility index (Phi) is 8.59. The van der Waals surface area contributed by atoms with E-state index < -0.39 is 41.1 Å². The molecule has 2 amide bonds. The standard InChI is InChI=1S/C30H39ClN2O6/c1-6-8-11-17-38-28(37)24-23-26(35)33(22(18-34)19(3)4)25(30(23)15-14-29(24,5)39-30)27(36)32(16-7-2)21-13-10-9-12-20(21)31/h6-7,9-10,12-13,19,22-25,34H,1-2,8,11,14-18H2,3-5H3/t22-,23-,24+,25?,29-,30?/m0/s1. The van der Waals surface area contributed by atoms with Crippen LogP contribution in [-0.2, 0) is 23.9 Å². The monoisotopic (exact) mass is 558 g/mol. The number of ether oxygens (including phenoxy) is 2. The minimum absolute atomic E-state index is 0.152. The molecule has 3 fully saturated rings. The lowest BCUT2D eigenvalue weighted by Crippen LogP contribution is -2.60. The van der Waals surface area contributed by atoms with Crippen LogP contribution in [-0.4, -0.2) is 70.8 Å². The molecule has 8 nitrogen and oxygen atoms in total. The Labute approximate surface area is 235 Å². The van der Waals surface area contributed by atoms with Crippen molar-refractivity contribution < 1.29 is 29.0 Å². The summed E-state index contributed by atoms with van der Waals surface area (Å²) in [6.07, 6.45) is 5.62. The van der Waals surface area contributed by atoms with Crippen LogP contribution in [0.2, 0.25) is 5.02 Å². The highest BCUT2D eigenvalue weighted by Gasteiger charge is 2.79. The van der Waals surface area contributed by atoms with Gasteiger partial charge in [-0.25, -0.2) is 0 Å². The average Bonchev–Trinajstić information content (AvgIpc) is 3.46. The van der Waals surface area contributed by atoms with Gasteiger partial charge in [0.25, 0.3) is 5.91 Å². The number of hydrogen-bond donors (Lipinski definition) is 1. The molecule has 0 radical (unpaired) electrons. The number of nitrogens with zero attached hydrogens (tertiary/aromatic N) is 2. The molecular formula is C30H39ClN2O6. The molecule has 2 unspecified atom stereocenters. The second-order valence-electron chi connectivity index (χ2n) is 11.3. The first kappa shape index (κ1) is 29.3. The molecule has 1 spiro atoms. The lowest BCUT2D eigenvalue weighted by molar-refractivity contribution is -0.161. The van der Waals surface area contributed by atoms with Crippen LogP contribution < -0.4 is 4.90 Å². The molecular weight excluding hydrogens is 520 g/mol. The Balaban J connectivity index is 1.80. The summed E-state index contributed by atoms with van der Waals surface area (Å²) in [6, 6.07) is 5.28. The molecule has 6 atom stereocenters. The number of halogens is 1. The molecule has 1 aromatic carbocycles. The van der Waals surface area contributed by atoms with Crippen LogP contribution >= 0.6 is 11.6 Å². The fourth-order valence-electron chi connectivity index (χ4n) is 6.72.